The van der Waals surface area contributed by atoms with Crippen molar-refractivity contribution in [2.45, 2.75) is 44.9 Å². The van der Waals surface area contributed by atoms with Crippen molar-refractivity contribution in [2.75, 3.05) is 19.8 Å². The standard InChI is InChI=1S/C16H23N3O4/c1-2-13-6-7-14(23-13)19-11-12(15(20)18-16(19)21)5-3-4-9-22-10-8-17/h11,13-14H,2,5-10,17H2,1H3,(H,18,20,21)/t13-,14-/m1/s1. The highest BCUT2D eigenvalue weighted by Gasteiger charge is 2.26. The van der Waals surface area contributed by atoms with Crippen LogP contribution in [0.25, 0.3) is 0 Å². The zero-order chi connectivity index (χ0) is 16.7. The molecule has 2 rings (SSSR count). The Bertz CT molecular complexity index is 683. The van der Waals surface area contributed by atoms with Gasteiger partial charge in [0.25, 0.3) is 5.56 Å². The van der Waals surface area contributed by atoms with Gasteiger partial charge >= 0.3 is 5.69 Å². The fourth-order valence-corrected chi connectivity index (χ4v) is 2.47. The highest BCUT2D eigenvalue weighted by Crippen LogP contribution is 2.28. The molecule has 126 valence electrons. The lowest BCUT2D eigenvalue weighted by Crippen LogP contribution is -2.34. The SMILES string of the molecule is CC[C@@H]1CC[C@H](n2cc(CC#CCOCCN)c(=O)[nH]c2=O)O1. The van der Waals surface area contributed by atoms with Gasteiger partial charge in [0.2, 0.25) is 0 Å². The van der Waals surface area contributed by atoms with Gasteiger partial charge in [-0.3, -0.25) is 14.3 Å². The molecule has 1 aromatic heterocycles. The third-order valence-electron chi connectivity index (χ3n) is 3.73. The first-order valence-electron chi connectivity index (χ1n) is 7.89. The van der Waals surface area contributed by atoms with E-state index < -0.39 is 11.2 Å². The van der Waals surface area contributed by atoms with Gasteiger partial charge in [0.1, 0.15) is 12.8 Å². The summed E-state index contributed by atoms with van der Waals surface area (Å²) < 4.78 is 12.4. The molecule has 23 heavy (non-hydrogen) atoms. The molecule has 1 aromatic rings. The maximum atomic E-state index is 12.0. The van der Waals surface area contributed by atoms with Gasteiger partial charge in [-0.25, -0.2) is 4.79 Å². The molecule has 0 amide bonds. The summed E-state index contributed by atoms with van der Waals surface area (Å²) in [6.45, 7) is 3.24. The second-order valence-corrected chi connectivity index (χ2v) is 5.39. The van der Waals surface area contributed by atoms with E-state index in [2.05, 4.69) is 23.7 Å². The number of nitrogens with zero attached hydrogens (tertiary/aromatic N) is 1. The second-order valence-electron chi connectivity index (χ2n) is 5.39. The molecule has 1 aliphatic rings. The molecule has 0 aromatic carbocycles. The Morgan fingerprint density at radius 1 is 1.43 bits per heavy atom. The highest BCUT2D eigenvalue weighted by molar-refractivity contribution is 5.15. The number of H-pyrrole nitrogens is 1. The van der Waals surface area contributed by atoms with Crippen LogP contribution < -0.4 is 17.0 Å². The van der Waals surface area contributed by atoms with Crippen LogP contribution in [-0.4, -0.2) is 35.4 Å². The van der Waals surface area contributed by atoms with Gasteiger partial charge in [-0.2, -0.15) is 0 Å². The second kappa shape index (κ2) is 8.67. The van der Waals surface area contributed by atoms with E-state index in [4.69, 9.17) is 15.2 Å². The molecule has 0 aliphatic carbocycles. The van der Waals surface area contributed by atoms with Crippen molar-refractivity contribution in [2.24, 2.45) is 5.73 Å². The minimum atomic E-state index is -0.445. The number of nitrogens with one attached hydrogen (secondary N) is 1. The lowest BCUT2D eigenvalue weighted by molar-refractivity contribution is -0.00213. The summed E-state index contributed by atoms with van der Waals surface area (Å²) in [6.07, 6.45) is 4.26. The number of ether oxygens (including phenoxy) is 2. The number of nitrogens with two attached hydrogens (primary N) is 1. The van der Waals surface area contributed by atoms with E-state index in [0.29, 0.717) is 18.7 Å². The molecule has 7 heteroatoms. The van der Waals surface area contributed by atoms with E-state index in [1.165, 1.54) is 4.57 Å². The van der Waals surface area contributed by atoms with Gasteiger partial charge in [-0.15, -0.1) is 0 Å². The van der Waals surface area contributed by atoms with Crippen LogP contribution in [0.3, 0.4) is 0 Å². The van der Waals surface area contributed by atoms with Gasteiger partial charge < -0.3 is 15.2 Å². The average molecular weight is 321 g/mol. The van der Waals surface area contributed by atoms with E-state index in [0.717, 1.165) is 19.3 Å². The molecule has 1 saturated heterocycles. The van der Waals surface area contributed by atoms with E-state index in [9.17, 15) is 9.59 Å². The van der Waals surface area contributed by atoms with E-state index in [-0.39, 0.29) is 25.4 Å². The largest absolute Gasteiger partial charge is 0.367 e. The normalized spacial score (nSPS) is 20.3. The molecule has 0 radical (unpaired) electrons. The molecular formula is C16H23N3O4. The van der Waals surface area contributed by atoms with Gasteiger partial charge in [0.05, 0.1) is 12.7 Å². The van der Waals surface area contributed by atoms with Gasteiger partial charge in [-0.05, 0) is 19.3 Å². The van der Waals surface area contributed by atoms with Crippen molar-refractivity contribution in [1.82, 2.24) is 9.55 Å². The van der Waals surface area contributed by atoms with Crippen molar-refractivity contribution < 1.29 is 9.47 Å². The number of hydrogen-bond donors (Lipinski definition) is 2. The predicted molar refractivity (Wildman–Crippen MR) is 86.1 cm³/mol. The summed E-state index contributed by atoms with van der Waals surface area (Å²) in [5.41, 5.74) is 4.89. The van der Waals surface area contributed by atoms with Crippen molar-refractivity contribution in [1.29, 1.82) is 0 Å². The molecule has 1 aliphatic heterocycles. The number of rotatable bonds is 6. The highest BCUT2D eigenvalue weighted by atomic mass is 16.5. The van der Waals surface area contributed by atoms with Crippen molar-refractivity contribution in [3.05, 3.63) is 32.6 Å². The Kier molecular flexibility index (Phi) is 6.59. The maximum Gasteiger partial charge on any atom is 0.330 e. The Labute approximate surface area is 134 Å². The third-order valence-corrected chi connectivity index (χ3v) is 3.73. The number of hydrogen-bond acceptors (Lipinski definition) is 5. The summed E-state index contributed by atoms with van der Waals surface area (Å²) in [4.78, 5) is 26.2. The number of aromatic amines is 1. The lowest BCUT2D eigenvalue weighted by Gasteiger charge is -2.15. The van der Waals surface area contributed by atoms with Gasteiger partial charge in [0, 0.05) is 24.7 Å². The molecule has 0 saturated carbocycles. The molecule has 2 heterocycles. The quantitative estimate of drug-likeness (QED) is 0.574. The van der Waals surface area contributed by atoms with Crippen molar-refractivity contribution >= 4 is 0 Å². The average Bonchev–Trinajstić information content (AvgIpc) is 3.01. The first-order valence-corrected chi connectivity index (χ1v) is 7.89. The van der Waals surface area contributed by atoms with Crippen LogP contribution in [0, 0.1) is 11.8 Å². The lowest BCUT2D eigenvalue weighted by atomic mass is 10.2. The molecule has 0 spiro atoms. The molecule has 1 fully saturated rings. The summed E-state index contributed by atoms with van der Waals surface area (Å²) in [7, 11) is 0. The smallest absolute Gasteiger partial charge is 0.330 e. The molecule has 7 nitrogen and oxygen atoms in total. The van der Waals surface area contributed by atoms with Crippen LogP contribution in [0.5, 0.6) is 0 Å². The predicted octanol–water partition coefficient (Wildman–Crippen LogP) is 0.145. The Hall–Kier alpha value is -1.88. The fraction of sp³-hybridized carbons (Fsp3) is 0.625. The van der Waals surface area contributed by atoms with Crippen molar-refractivity contribution in [3.63, 3.8) is 0 Å². The van der Waals surface area contributed by atoms with E-state index in [1.807, 2.05) is 0 Å². The minimum absolute atomic E-state index is 0.168. The summed E-state index contributed by atoms with van der Waals surface area (Å²) in [6, 6.07) is 0. The Morgan fingerprint density at radius 3 is 2.96 bits per heavy atom. The summed E-state index contributed by atoms with van der Waals surface area (Å²) in [5, 5.41) is 0. The Morgan fingerprint density at radius 2 is 2.26 bits per heavy atom. The maximum absolute atomic E-state index is 12.0. The summed E-state index contributed by atoms with van der Waals surface area (Å²) in [5.74, 6) is 5.68. The van der Waals surface area contributed by atoms with Crippen LogP contribution in [0.1, 0.15) is 38.0 Å². The molecule has 0 bridgehead atoms. The first kappa shape index (κ1) is 17.5. The molecular weight excluding hydrogens is 298 g/mol. The van der Waals surface area contributed by atoms with E-state index >= 15 is 0 Å². The van der Waals surface area contributed by atoms with Crippen molar-refractivity contribution in [3.8, 4) is 11.8 Å². The minimum Gasteiger partial charge on any atom is -0.367 e. The fourth-order valence-electron chi connectivity index (χ4n) is 2.47. The third kappa shape index (κ3) is 4.79. The first-order chi connectivity index (χ1) is 11.2. The number of aromatic nitrogens is 2. The van der Waals surface area contributed by atoms with E-state index in [1.54, 1.807) is 6.20 Å². The monoisotopic (exact) mass is 321 g/mol. The zero-order valence-electron chi connectivity index (χ0n) is 13.3. The van der Waals surface area contributed by atoms with Crippen LogP contribution in [-0.2, 0) is 15.9 Å². The van der Waals surface area contributed by atoms with Gasteiger partial charge in [-0.1, -0.05) is 18.8 Å². The van der Waals surface area contributed by atoms with Gasteiger partial charge in [0.15, 0.2) is 0 Å². The molecule has 0 unspecified atom stereocenters. The molecule has 3 N–H and O–H groups in total. The zero-order valence-corrected chi connectivity index (χ0v) is 13.3. The Balaban J connectivity index is 2.07. The topological polar surface area (TPSA) is 99.3 Å². The van der Waals surface area contributed by atoms with Crippen LogP contribution in [0.15, 0.2) is 15.8 Å². The summed E-state index contributed by atoms with van der Waals surface area (Å²) >= 11 is 0. The van der Waals surface area contributed by atoms with Crippen LogP contribution in [0.2, 0.25) is 0 Å². The van der Waals surface area contributed by atoms with Crippen LogP contribution in [0.4, 0.5) is 0 Å². The molecule has 2 atom stereocenters. The van der Waals surface area contributed by atoms with Crippen LogP contribution >= 0.6 is 0 Å².